The number of hydrogen-bond donors (Lipinski definition) is 3. The van der Waals surface area contributed by atoms with Gasteiger partial charge in [-0.2, -0.15) is 0 Å². The Labute approximate surface area is 176 Å². The van der Waals surface area contributed by atoms with Gasteiger partial charge in [0.2, 0.25) is 6.10 Å². The van der Waals surface area contributed by atoms with Crippen molar-refractivity contribution in [2.24, 2.45) is 5.92 Å². The molecular weight excluding hydrogens is 388 g/mol. The molecule has 0 spiro atoms. The number of quaternary nitrogens is 1. The molecule has 3 N–H and O–H groups in total. The topological polar surface area (TPSA) is 101 Å². The van der Waals surface area contributed by atoms with E-state index >= 15 is 0 Å². The SMILES string of the molecule is CC(C)CCNC(=O)NC(=O)C[NH+]1CCN(C(=O)[C@@H]2COc3ccccc3O2)CC1. The molecule has 1 saturated heterocycles. The van der Waals surface area contributed by atoms with Gasteiger partial charge < -0.3 is 24.6 Å². The highest BCUT2D eigenvalue weighted by Crippen LogP contribution is 2.31. The summed E-state index contributed by atoms with van der Waals surface area (Å²) in [6, 6.07) is 6.84. The first-order chi connectivity index (χ1) is 14.4. The van der Waals surface area contributed by atoms with Gasteiger partial charge in [0, 0.05) is 6.54 Å². The summed E-state index contributed by atoms with van der Waals surface area (Å²) in [4.78, 5) is 39.4. The Morgan fingerprint density at radius 2 is 1.87 bits per heavy atom. The Morgan fingerprint density at radius 1 is 1.17 bits per heavy atom. The van der Waals surface area contributed by atoms with Gasteiger partial charge in [-0.25, -0.2) is 4.79 Å². The fourth-order valence-electron chi connectivity index (χ4n) is 3.48. The predicted molar refractivity (Wildman–Crippen MR) is 109 cm³/mol. The molecule has 0 aliphatic carbocycles. The van der Waals surface area contributed by atoms with Gasteiger partial charge in [-0.15, -0.1) is 0 Å². The molecular formula is C21H31N4O5+. The molecule has 164 valence electrons. The molecule has 2 aliphatic heterocycles. The number of amides is 4. The highest BCUT2D eigenvalue weighted by Gasteiger charge is 2.34. The number of fused-ring (bicyclic) bond motifs is 1. The van der Waals surface area contributed by atoms with E-state index in [-0.39, 0.29) is 25.0 Å². The van der Waals surface area contributed by atoms with Crippen LogP contribution in [0.25, 0.3) is 0 Å². The third-order valence-corrected chi connectivity index (χ3v) is 5.24. The predicted octanol–water partition coefficient (Wildman–Crippen LogP) is -0.575. The molecule has 9 nitrogen and oxygen atoms in total. The van der Waals surface area contributed by atoms with Crippen molar-refractivity contribution in [3.8, 4) is 11.5 Å². The highest BCUT2D eigenvalue weighted by molar-refractivity contribution is 5.94. The molecule has 2 heterocycles. The first kappa shape index (κ1) is 21.9. The lowest BCUT2D eigenvalue weighted by Crippen LogP contribution is -3.16. The molecule has 0 aromatic heterocycles. The van der Waals surface area contributed by atoms with Gasteiger partial charge in [-0.1, -0.05) is 26.0 Å². The maximum atomic E-state index is 12.8. The molecule has 1 aromatic carbocycles. The van der Waals surface area contributed by atoms with Crippen LogP contribution in [0.3, 0.4) is 0 Å². The third-order valence-electron chi connectivity index (χ3n) is 5.24. The van der Waals surface area contributed by atoms with E-state index in [2.05, 4.69) is 24.5 Å². The monoisotopic (exact) mass is 419 g/mol. The lowest BCUT2D eigenvalue weighted by molar-refractivity contribution is -0.896. The number of ether oxygens (including phenoxy) is 2. The number of carbonyl (C=O) groups is 3. The smallest absolute Gasteiger partial charge is 0.321 e. The Balaban J connectivity index is 1.38. The van der Waals surface area contributed by atoms with Gasteiger partial charge in [-0.05, 0) is 24.5 Å². The lowest BCUT2D eigenvalue weighted by atomic mass is 10.1. The molecule has 1 atom stereocenters. The zero-order chi connectivity index (χ0) is 21.5. The average Bonchev–Trinajstić information content (AvgIpc) is 2.73. The standard InChI is InChI=1S/C21H30N4O5/c1-15(2)7-8-22-21(28)23-19(26)13-24-9-11-25(12-10-24)20(27)18-14-29-16-5-3-4-6-17(16)30-18/h3-6,15,18H,7-14H2,1-2H3,(H2,22,23,26,28)/p+1/t18-/m0/s1. The Hall–Kier alpha value is -2.81. The van der Waals surface area contributed by atoms with E-state index in [1.807, 2.05) is 18.2 Å². The van der Waals surface area contributed by atoms with Crippen molar-refractivity contribution >= 4 is 17.8 Å². The average molecular weight is 420 g/mol. The number of para-hydroxylation sites is 2. The van der Waals surface area contributed by atoms with Gasteiger partial charge in [-0.3, -0.25) is 14.9 Å². The largest absolute Gasteiger partial charge is 0.485 e. The quantitative estimate of drug-likeness (QED) is 0.573. The summed E-state index contributed by atoms with van der Waals surface area (Å²) in [6.45, 7) is 7.43. The van der Waals surface area contributed by atoms with Crippen molar-refractivity contribution in [3.63, 3.8) is 0 Å². The van der Waals surface area contributed by atoms with Crippen LogP contribution in [0.4, 0.5) is 4.79 Å². The lowest BCUT2D eigenvalue weighted by Gasteiger charge is -2.35. The number of nitrogens with zero attached hydrogens (tertiary/aromatic N) is 1. The van der Waals surface area contributed by atoms with Crippen molar-refractivity contribution in [1.82, 2.24) is 15.5 Å². The number of carbonyl (C=O) groups excluding carboxylic acids is 3. The number of urea groups is 1. The summed E-state index contributed by atoms with van der Waals surface area (Å²) in [6.07, 6.45) is 0.212. The number of nitrogens with one attached hydrogen (secondary N) is 3. The molecule has 30 heavy (non-hydrogen) atoms. The normalized spacial score (nSPS) is 18.8. The zero-order valence-electron chi connectivity index (χ0n) is 17.6. The minimum atomic E-state index is -0.653. The van der Waals surface area contributed by atoms with Crippen LogP contribution in [0.1, 0.15) is 20.3 Å². The van der Waals surface area contributed by atoms with Crippen LogP contribution in [0, 0.1) is 5.92 Å². The highest BCUT2D eigenvalue weighted by atomic mass is 16.6. The van der Waals surface area contributed by atoms with Crippen molar-refractivity contribution in [3.05, 3.63) is 24.3 Å². The Morgan fingerprint density at radius 3 is 2.57 bits per heavy atom. The Bertz CT molecular complexity index is 762. The summed E-state index contributed by atoms with van der Waals surface area (Å²) in [5.41, 5.74) is 0. The molecule has 2 aliphatic rings. The maximum Gasteiger partial charge on any atom is 0.321 e. The third kappa shape index (κ3) is 6.09. The Kier molecular flexibility index (Phi) is 7.51. The minimum Gasteiger partial charge on any atom is -0.485 e. The molecule has 3 rings (SSSR count). The van der Waals surface area contributed by atoms with Crippen molar-refractivity contribution in [1.29, 1.82) is 0 Å². The van der Waals surface area contributed by atoms with E-state index in [0.717, 1.165) is 11.3 Å². The molecule has 1 aromatic rings. The first-order valence-electron chi connectivity index (χ1n) is 10.5. The summed E-state index contributed by atoms with van der Waals surface area (Å²) >= 11 is 0. The first-order valence-corrected chi connectivity index (χ1v) is 10.5. The second-order valence-electron chi connectivity index (χ2n) is 8.10. The number of hydrogen-bond acceptors (Lipinski definition) is 5. The van der Waals surface area contributed by atoms with Crippen molar-refractivity contribution in [2.45, 2.75) is 26.4 Å². The number of piperazine rings is 1. The van der Waals surface area contributed by atoms with Gasteiger partial charge >= 0.3 is 6.03 Å². The summed E-state index contributed by atoms with van der Waals surface area (Å²) in [5.74, 6) is 1.31. The number of rotatable bonds is 6. The van der Waals surface area contributed by atoms with Gasteiger partial charge in [0.1, 0.15) is 6.61 Å². The second kappa shape index (κ2) is 10.3. The van der Waals surface area contributed by atoms with E-state index < -0.39 is 12.1 Å². The van der Waals surface area contributed by atoms with E-state index in [0.29, 0.717) is 50.1 Å². The molecule has 9 heteroatoms. The molecule has 0 saturated carbocycles. The van der Waals surface area contributed by atoms with Crippen molar-refractivity contribution in [2.75, 3.05) is 45.9 Å². The number of benzene rings is 1. The molecule has 0 unspecified atom stereocenters. The maximum absolute atomic E-state index is 12.8. The molecule has 0 bridgehead atoms. The summed E-state index contributed by atoms with van der Waals surface area (Å²) < 4.78 is 11.4. The second-order valence-corrected chi connectivity index (χ2v) is 8.10. The minimum absolute atomic E-state index is 0.0995. The van der Waals surface area contributed by atoms with Crippen LogP contribution in [0.5, 0.6) is 11.5 Å². The van der Waals surface area contributed by atoms with E-state index in [9.17, 15) is 14.4 Å². The summed E-state index contributed by atoms with van der Waals surface area (Å²) in [5, 5.41) is 5.06. The zero-order valence-corrected chi connectivity index (χ0v) is 17.6. The fourth-order valence-corrected chi connectivity index (χ4v) is 3.48. The molecule has 4 amide bonds. The van der Waals surface area contributed by atoms with Crippen molar-refractivity contribution < 1.29 is 28.8 Å². The molecule has 1 fully saturated rings. The van der Waals surface area contributed by atoms with Crippen LogP contribution in [-0.2, 0) is 9.59 Å². The van der Waals surface area contributed by atoms with Gasteiger partial charge in [0.25, 0.3) is 11.8 Å². The van der Waals surface area contributed by atoms with E-state index in [1.54, 1.807) is 11.0 Å². The van der Waals surface area contributed by atoms with E-state index in [1.165, 1.54) is 0 Å². The fraction of sp³-hybridized carbons (Fsp3) is 0.571. The van der Waals surface area contributed by atoms with Gasteiger partial charge in [0.05, 0.1) is 26.2 Å². The van der Waals surface area contributed by atoms with Crippen LogP contribution in [0.15, 0.2) is 24.3 Å². The van der Waals surface area contributed by atoms with Crippen LogP contribution in [-0.4, -0.2) is 74.7 Å². The van der Waals surface area contributed by atoms with E-state index in [4.69, 9.17) is 9.47 Å². The number of imide groups is 1. The van der Waals surface area contributed by atoms with Crippen LogP contribution < -0.4 is 25.0 Å². The van der Waals surface area contributed by atoms with Crippen LogP contribution in [0.2, 0.25) is 0 Å². The molecule has 0 radical (unpaired) electrons. The van der Waals surface area contributed by atoms with Crippen LogP contribution >= 0.6 is 0 Å². The summed E-state index contributed by atoms with van der Waals surface area (Å²) in [7, 11) is 0. The van der Waals surface area contributed by atoms with Gasteiger partial charge in [0.15, 0.2) is 18.0 Å².